The van der Waals surface area contributed by atoms with E-state index in [1.807, 2.05) is 18.7 Å². The number of hydrogen-bond donors (Lipinski definition) is 1. The summed E-state index contributed by atoms with van der Waals surface area (Å²) >= 11 is 6.32. The summed E-state index contributed by atoms with van der Waals surface area (Å²) < 4.78 is 2.02. The lowest BCUT2D eigenvalue weighted by molar-refractivity contribution is 0.311. The smallest absolute Gasteiger partial charge is 0.0860 e. The van der Waals surface area contributed by atoms with Crippen LogP contribution in [0, 0.1) is 6.92 Å². The Morgan fingerprint density at radius 3 is 2.88 bits per heavy atom. The van der Waals surface area contributed by atoms with Crippen LogP contribution >= 0.6 is 11.6 Å². The predicted molar refractivity (Wildman–Crippen MR) is 70.4 cm³/mol. The van der Waals surface area contributed by atoms with Crippen LogP contribution in [0.15, 0.2) is 0 Å². The van der Waals surface area contributed by atoms with Gasteiger partial charge in [-0.25, -0.2) is 0 Å². The van der Waals surface area contributed by atoms with Crippen LogP contribution in [-0.2, 0) is 13.1 Å². The molecule has 1 aromatic rings. The van der Waals surface area contributed by atoms with Gasteiger partial charge in [0.15, 0.2) is 0 Å². The summed E-state index contributed by atoms with van der Waals surface area (Å²) in [5.41, 5.74) is 2.09. The maximum absolute atomic E-state index is 6.32. The van der Waals surface area contributed by atoms with E-state index in [4.69, 9.17) is 11.6 Å². The topological polar surface area (TPSA) is 33.1 Å². The van der Waals surface area contributed by atoms with E-state index < -0.39 is 0 Å². The second-order valence-electron chi connectivity index (χ2n) is 4.67. The Labute approximate surface area is 108 Å². The SMILES string of the molecule is CCn1nc(C)c(Cl)c1CN1CCC(NC)C1. The van der Waals surface area contributed by atoms with Crippen molar-refractivity contribution in [3.8, 4) is 0 Å². The van der Waals surface area contributed by atoms with Gasteiger partial charge in [0.25, 0.3) is 0 Å². The first-order valence-corrected chi connectivity index (χ1v) is 6.64. The van der Waals surface area contributed by atoms with E-state index in [9.17, 15) is 0 Å². The second-order valence-corrected chi connectivity index (χ2v) is 5.05. The predicted octanol–water partition coefficient (Wildman–Crippen LogP) is 1.66. The molecule has 4 nitrogen and oxygen atoms in total. The summed E-state index contributed by atoms with van der Waals surface area (Å²) in [5.74, 6) is 0. The number of halogens is 1. The van der Waals surface area contributed by atoms with Crippen molar-refractivity contribution in [3.63, 3.8) is 0 Å². The number of likely N-dealkylation sites (tertiary alicyclic amines) is 1. The third-order valence-electron chi connectivity index (χ3n) is 3.51. The molecule has 0 spiro atoms. The zero-order chi connectivity index (χ0) is 12.4. The van der Waals surface area contributed by atoms with Gasteiger partial charge in [-0.2, -0.15) is 5.10 Å². The van der Waals surface area contributed by atoms with Crippen LogP contribution in [-0.4, -0.2) is 40.9 Å². The monoisotopic (exact) mass is 256 g/mol. The van der Waals surface area contributed by atoms with Gasteiger partial charge in [-0.3, -0.25) is 9.58 Å². The molecular weight excluding hydrogens is 236 g/mol. The number of aromatic nitrogens is 2. The highest BCUT2D eigenvalue weighted by molar-refractivity contribution is 6.31. The van der Waals surface area contributed by atoms with Crippen LogP contribution in [0.4, 0.5) is 0 Å². The Balaban J connectivity index is 2.08. The molecule has 96 valence electrons. The van der Waals surface area contributed by atoms with E-state index in [1.165, 1.54) is 6.42 Å². The van der Waals surface area contributed by atoms with Crippen molar-refractivity contribution >= 4 is 11.6 Å². The number of hydrogen-bond acceptors (Lipinski definition) is 3. The molecule has 5 heteroatoms. The molecule has 1 unspecified atom stereocenters. The maximum Gasteiger partial charge on any atom is 0.0860 e. The van der Waals surface area contributed by atoms with Gasteiger partial charge in [-0.1, -0.05) is 11.6 Å². The molecule has 0 radical (unpaired) electrons. The molecule has 0 saturated carbocycles. The minimum absolute atomic E-state index is 0.618. The summed E-state index contributed by atoms with van der Waals surface area (Å²) in [5, 5.41) is 8.62. The van der Waals surface area contributed by atoms with Gasteiger partial charge in [0.2, 0.25) is 0 Å². The molecule has 1 N–H and O–H groups in total. The van der Waals surface area contributed by atoms with Crippen molar-refractivity contribution in [1.82, 2.24) is 20.0 Å². The number of aryl methyl sites for hydroxylation is 2. The Bertz CT molecular complexity index is 388. The number of nitrogens with one attached hydrogen (secondary N) is 1. The van der Waals surface area contributed by atoms with E-state index >= 15 is 0 Å². The first kappa shape index (κ1) is 12.9. The summed E-state index contributed by atoms with van der Waals surface area (Å²) in [6, 6.07) is 0.618. The van der Waals surface area contributed by atoms with Gasteiger partial charge in [-0.05, 0) is 27.3 Å². The van der Waals surface area contributed by atoms with Crippen molar-refractivity contribution < 1.29 is 0 Å². The van der Waals surface area contributed by atoms with Gasteiger partial charge in [0.1, 0.15) is 0 Å². The minimum Gasteiger partial charge on any atom is -0.316 e. The molecule has 1 aliphatic heterocycles. The minimum atomic E-state index is 0.618. The normalized spacial score (nSPS) is 21.3. The largest absolute Gasteiger partial charge is 0.316 e. The lowest BCUT2D eigenvalue weighted by Gasteiger charge is -2.16. The average Bonchev–Trinajstić information content (AvgIpc) is 2.89. The fraction of sp³-hybridized carbons (Fsp3) is 0.750. The zero-order valence-corrected chi connectivity index (χ0v) is 11.6. The highest BCUT2D eigenvalue weighted by Gasteiger charge is 2.23. The molecule has 2 rings (SSSR count). The molecule has 0 bridgehead atoms. The zero-order valence-electron chi connectivity index (χ0n) is 10.8. The van der Waals surface area contributed by atoms with Gasteiger partial charge in [0.05, 0.1) is 16.4 Å². The van der Waals surface area contributed by atoms with Gasteiger partial charge >= 0.3 is 0 Å². The van der Waals surface area contributed by atoms with Crippen LogP contribution in [0.3, 0.4) is 0 Å². The molecule has 1 atom stereocenters. The van der Waals surface area contributed by atoms with Crippen LogP contribution in [0.2, 0.25) is 5.02 Å². The second kappa shape index (κ2) is 5.38. The van der Waals surface area contributed by atoms with Crippen molar-refractivity contribution in [2.45, 2.75) is 39.4 Å². The number of nitrogens with zero attached hydrogens (tertiary/aromatic N) is 3. The number of likely N-dealkylation sites (N-methyl/N-ethyl adjacent to an activating group) is 1. The van der Waals surface area contributed by atoms with Crippen molar-refractivity contribution in [1.29, 1.82) is 0 Å². The third-order valence-corrected chi connectivity index (χ3v) is 4.00. The molecule has 2 heterocycles. The molecule has 1 saturated heterocycles. The summed E-state index contributed by atoms with van der Waals surface area (Å²) in [4.78, 5) is 2.44. The molecule has 17 heavy (non-hydrogen) atoms. The lowest BCUT2D eigenvalue weighted by atomic mass is 10.3. The van der Waals surface area contributed by atoms with Crippen LogP contribution in [0.25, 0.3) is 0 Å². The molecule has 1 fully saturated rings. The van der Waals surface area contributed by atoms with E-state index in [2.05, 4.69) is 22.2 Å². The molecule has 1 aromatic heterocycles. The Hall–Kier alpha value is -0.580. The fourth-order valence-corrected chi connectivity index (χ4v) is 2.64. The van der Waals surface area contributed by atoms with E-state index in [-0.39, 0.29) is 0 Å². The van der Waals surface area contributed by atoms with Gasteiger partial charge < -0.3 is 5.32 Å². The van der Waals surface area contributed by atoms with E-state index in [1.54, 1.807) is 0 Å². The fourth-order valence-electron chi connectivity index (χ4n) is 2.44. The highest BCUT2D eigenvalue weighted by atomic mass is 35.5. The Morgan fingerprint density at radius 2 is 2.29 bits per heavy atom. The third kappa shape index (κ3) is 2.64. The first-order valence-electron chi connectivity index (χ1n) is 6.27. The summed E-state index contributed by atoms with van der Waals surface area (Å²) in [7, 11) is 2.03. The van der Waals surface area contributed by atoms with E-state index in [0.717, 1.165) is 42.6 Å². The molecule has 1 aliphatic rings. The van der Waals surface area contributed by atoms with Crippen molar-refractivity contribution in [2.75, 3.05) is 20.1 Å². The summed E-state index contributed by atoms with van der Waals surface area (Å²) in [6.07, 6.45) is 1.22. The van der Waals surface area contributed by atoms with Crippen LogP contribution in [0.5, 0.6) is 0 Å². The number of rotatable bonds is 4. The average molecular weight is 257 g/mol. The Morgan fingerprint density at radius 1 is 1.53 bits per heavy atom. The van der Waals surface area contributed by atoms with Crippen molar-refractivity contribution in [2.24, 2.45) is 0 Å². The summed E-state index contributed by atoms with van der Waals surface area (Å²) in [6.45, 7) is 8.10. The highest BCUT2D eigenvalue weighted by Crippen LogP contribution is 2.23. The molecular formula is C12H21ClN4. The molecule has 0 aliphatic carbocycles. The Kier molecular flexibility index (Phi) is 4.07. The van der Waals surface area contributed by atoms with Crippen molar-refractivity contribution in [3.05, 3.63) is 16.4 Å². The van der Waals surface area contributed by atoms with Crippen LogP contribution in [0.1, 0.15) is 24.7 Å². The first-order chi connectivity index (χ1) is 8.15. The lowest BCUT2D eigenvalue weighted by Crippen LogP contribution is -2.29. The molecule has 0 amide bonds. The van der Waals surface area contributed by atoms with Crippen LogP contribution < -0.4 is 5.32 Å². The maximum atomic E-state index is 6.32. The van der Waals surface area contributed by atoms with Gasteiger partial charge in [0, 0.05) is 32.2 Å². The van der Waals surface area contributed by atoms with Gasteiger partial charge in [-0.15, -0.1) is 0 Å². The quantitative estimate of drug-likeness (QED) is 0.890. The molecule has 0 aromatic carbocycles. The van der Waals surface area contributed by atoms with E-state index in [0.29, 0.717) is 6.04 Å². The standard InChI is InChI=1S/C12H21ClN4/c1-4-17-11(12(13)9(2)15-17)8-16-6-5-10(7-16)14-3/h10,14H,4-8H2,1-3H3.